The first-order valence-corrected chi connectivity index (χ1v) is 11.9. The molecule has 10 heteroatoms. The summed E-state index contributed by atoms with van der Waals surface area (Å²) < 4.78 is 47.7. The smallest absolute Gasteiger partial charge is 0.497 e. The number of piperidine rings is 1. The van der Waals surface area contributed by atoms with E-state index in [2.05, 4.69) is 10.1 Å². The van der Waals surface area contributed by atoms with Crippen molar-refractivity contribution in [3.05, 3.63) is 94.5 Å². The zero-order valence-electron chi connectivity index (χ0n) is 19.8. The molecule has 0 spiro atoms. The normalized spacial score (nSPS) is 17.7. The molecular weight excluding hydrogens is 509 g/mol. The van der Waals surface area contributed by atoms with Crippen molar-refractivity contribution in [1.29, 1.82) is 0 Å². The summed E-state index contributed by atoms with van der Waals surface area (Å²) in [5.41, 5.74) is 0.983. The molecule has 1 heterocycles. The molecule has 0 unspecified atom stereocenters. The minimum absolute atomic E-state index is 0.227. The number of rotatable bonds is 6. The average Bonchev–Trinajstić information content (AvgIpc) is 2.88. The van der Waals surface area contributed by atoms with Crippen molar-refractivity contribution < 1.29 is 32.2 Å². The van der Waals surface area contributed by atoms with Gasteiger partial charge in [0, 0.05) is 25.0 Å². The van der Waals surface area contributed by atoms with E-state index in [1.807, 2.05) is 30.3 Å². The Morgan fingerprint density at radius 3 is 2.38 bits per heavy atom. The third kappa shape index (κ3) is 6.35. The zero-order valence-corrected chi connectivity index (χ0v) is 20.6. The number of nitrogens with zero attached hydrogens (tertiary/aromatic N) is 1. The molecule has 1 aliphatic rings. The van der Waals surface area contributed by atoms with E-state index in [-0.39, 0.29) is 29.0 Å². The SMILES string of the molecule is COc1ccc(C(=O)N2CC[C@@H](NC(=O)c3ccccc3OC(F)(F)F)[C@@H](c3ccccc3)C2)c(Cl)c1. The Bertz CT molecular complexity index is 1270. The molecule has 0 radical (unpaired) electrons. The lowest BCUT2D eigenvalue weighted by atomic mass is 9.85. The number of carbonyl (C=O) groups is 2. The lowest BCUT2D eigenvalue weighted by molar-refractivity contribution is -0.274. The molecule has 1 N–H and O–H groups in total. The second-order valence-electron chi connectivity index (χ2n) is 8.53. The van der Waals surface area contributed by atoms with Gasteiger partial charge in [0.25, 0.3) is 11.8 Å². The number of halogens is 4. The van der Waals surface area contributed by atoms with Crippen LogP contribution in [0.2, 0.25) is 5.02 Å². The molecule has 37 heavy (non-hydrogen) atoms. The first kappa shape index (κ1) is 26.3. The van der Waals surface area contributed by atoms with Gasteiger partial charge in [0.15, 0.2) is 0 Å². The third-order valence-electron chi connectivity index (χ3n) is 6.21. The van der Waals surface area contributed by atoms with E-state index in [4.69, 9.17) is 16.3 Å². The molecule has 1 saturated heterocycles. The van der Waals surface area contributed by atoms with Crippen LogP contribution in [0.3, 0.4) is 0 Å². The van der Waals surface area contributed by atoms with Crippen molar-refractivity contribution in [2.45, 2.75) is 24.7 Å². The number of nitrogens with one attached hydrogen (secondary N) is 1. The van der Waals surface area contributed by atoms with Crippen LogP contribution in [0, 0.1) is 0 Å². The van der Waals surface area contributed by atoms with E-state index >= 15 is 0 Å². The molecule has 0 aromatic heterocycles. The maximum atomic E-state index is 13.3. The number of hydrogen-bond donors (Lipinski definition) is 1. The van der Waals surface area contributed by atoms with Gasteiger partial charge in [-0.2, -0.15) is 0 Å². The van der Waals surface area contributed by atoms with Crippen molar-refractivity contribution in [2.24, 2.45) is 0 Å². The Labute approximate surface area is 216 Å². The number of benzene rings is 3. The molecule has 3 aromatic rings. The molecule has 1 aliphatic heterocycles. The number of ether oxygens (including phenoxy) is 2. The minimum atomic E-state index is -4.93. The van der Waals surface area contributed by atoms with E-state index in [1.165, 1.54) is 25.3 Å². The largest absolute Gasteiger partial charge is 0.573 e. The zero-order chi connectivity index (χ0) is 26.6. The third-order valence-corrected chi connectivity index (χ3v) is 6.52. The number of hydrogen-bond acceptors (Lipinski definition) is 4. The summed E-state index contributed by atoms with van der Waals surface area (Å²) in [6.07, 6.45) is -4.55. The quantitative estimate of drug-likeness (QED) is 0.444. The van der Waals surface area contributed by atoms with Crippen molar-refractivity contribution >= 4 is 23.4 Å². The fourth-order valence-electron chi connectivity index (χ4n) is 4.43. The standard InChI is InChI=1S/C27H24ClF3N2O4/c1-36-18-11-12-19(22(28)15-18)26(35)33-14-13-23(21(16-33)17-7-3-2-4-8-17)32-25(34)20-9-5-6-10-24(20)37-27(29,30)31/h2-12,15,21,23H,13-14,16H2,1H3,(H,32,34)/t21-,23-/m1/s1. The predicted octanol–water partition coefficient (Wildman–Crippen LogP) is 5.68. The number of para-hydroxylation sites is 1. The number of amides is 2. The van der Waals surface area contributed by atoms with Crippen LogP contribution in [0.15, 0.2) is 72.8 Å². The predicted molar refractivity (Wildman–Crippen MR) is 132 cm³/mol. The summed E-state index contributed by atoms with van der Waals surface area (Å²) in [5.74, 6) is -1.31. The van der Waals surface area contributed by atoms with E-state index in [0.29, 0.717) is 24.3 Å². The van der Waals surface area contributed by atoms with E-state index in [0.717, 1.165) is 11.6 Å². The summed E-state index contributed by atoms with van der Waals surface area (Å²) in [6.45, 7) is 0.590. The fourth-order valence-corrected chi connectivity index (χ4v) is 4.68. The van der Waals surface area contributed by atoms with Gasteiger partial charge in [0.1, 0.15) is 11.5 Å². The van der Waals surface area contributed by atoms with Gasteiger partial charge in [-0.25, -0.2) is 0 Å². The molecular formula is C27H24ClF3N2O4. The van der Waals surface area contributed by atoms with Crippen LogP contribution in [0.4, 0.5) is 13.2 Å². The first-order valence-electron chi connectivity index (χ1n) is 11.5. The number of methoxy groups -OCH3 is 1. The molecule has 2 amide bonds. The maximum Gasteiger partial charge on any atom is 0.573 e. The molecule has 2 atom stereocenters. The lowest BCUT2D eigenvalue weighted by Gasteiger charge is -2.39. The van der Waals surface area contributed by atoms with E-state index in [9.17, 15) is 22.8 Å². The van der Waals surface area contributed by atoms with Gasteiger partial charge in [-0.3, -0.25) is 9.59 Å². The van der Waals surface area contributed by atoms with Crippen LogP contribution in [-0.4, -0.2) is 49.3 Å². The second kappa shape index (κ2) is 11.1. The van der Waals surface area contributed by atoms with Crippen LogP contribution in [-0.2, 0) is 0 Å². The Kier molecular flexibility index (Phi) is 7.92. The molecule has 4 rings (SSSR count). The molecule has 1 fully saturated rings. The Balaban J connectivity index is 1.57. The molecule has 0 saturated carbocycles. The van der Waals surface area contributed by atoms with Crippen molar-refractivity contribution in [3.8, 4) is 11.5 Å². The number of likely N-dealkylation sites (tertiary alicyclic amines) is 1. The van der Waals surface area contributed by atoms with Crippen LogP contribution < -0.4 is 14.8 Å². The lowest BCUT2D eigenvalue weighted by Crippen LogP contribution is -2.51. The van der Waals surface area contributed by atoms with Gasteiger partial charge in [-0.15, -0.1) is 13.2 Å². The highest BCUT2D eigenvalue weighted by atomic mass is 35.5. The first-order chi connectivity index (χ1) is 17.7. The molecule has 3 aromatic carbocycles. The summed E-state index contributed by atoms with van der Waals surface area (Å²) >= 11 is 6.33. The van der Waals surface area contributed by atoms with E-state index < -0.39 is 24.1 Å². The summed E-state index contributed by atoms with van der Waals surface area (Å²) in [4.78, 5) is 28.0. The highest BCUT2D eigenvalue weighted by molar-refractivity contribution is 6.34. The number of carbonyl (C=O) groups excluding carboxylic acids is 2. The molecule has 6 nitrogen and oxygen atoms in total. The summed E-state index contributed by atoms with van der Waals surface area (Å²) in [6, 6.07) is 18.9. The van der Waals surface area contributed by atoms with Gasteiger partial charge < -0.3 is 19.7 Å². The van der Waals surface area contributed by atoms with Gasteiger partial charge >= 0.3 is 6.36 Å². The fraction of sp³-hybridized carbons (Fsp3) is 0.259. The van der Waals surface area contributed by atoms with Crippen molar-refractivity contribution in [2.75, 3.05) is 20.2 Å². The Hall–Kier alpha value is -3.72. The van der Waals surface area contributed by atoms with E-state index in [1.54, 1.807) is 23.1 Å². The maximum absolute atomic E-state index is 13.3. The average molecular weight is 533 g/mol. The van der Waals surface area contributed by atoms with Crippen LogP contribution in [0.1, 0.15) is 38.6 Å². The van der Waals surface area contributed by atoms with Crippen LogP contribution >= 0.6 is 11.6 Å². The Morgan fingerprint density at radius 1 is 1.00 bits per heavy atom. The Morgan fingerprint density at radius 2 is 1.70 bits per heavy atom. The van der Waals surface area contributed by atoms with Gasteiger partial charge in [0.2, 0.25) is 0 Å². The summed E-state index contributed by atoms with van der Waals surface area (Å²) in [7, 11) is 1.50. The highest BCUT2D eigenvalue weighted by Gasteiger charge is 2.36. The van der Waals surface area contributed by atoms with Gasteiger partial charge in [-0.1, -0.05) is 54.1 Å². The van der Waals surface area contributed by atoms with Crippen molar-refractivity contribution in [1.82, 2.24) is 10.2 Å². The molecule has 0 bridgehead atoms. The van der Waals surface area contributed by atoms with Gasteiger partial charge in [-0.05, 0) is 42.3 Å². The summed E-state index contributed by atoms with van der Waals surface area (Å²) in [5, 5.41) is 3.13. The number of alkyl halides is 3. The molecule has 0 aliphatic carbocycles. The monoisotopic (exact) mass is 532 g/mol. The van der Waals surface area contributed by atoms with Crippen LogP contribution in [0.5, 0.6) is 11.5 Å². The van der Waals surface area contributed by atoms with Gasteiger partial charge in [0.05, 0.1) is 23.3 Å². The minimum Gasteiger partial charge on any atom is -0.497 e. The van der Waals surface area contributed by atoms with Crippen LogP contribution in [0.25, 0.3) is 0 Å². The highest BCUT2D eigenvalue weighted by Crippen LogP contribution is 2.32. The topological polar surface area (TPSA) is 67.9 Å². The second-order valence-corrected chi connectivity index (χ2v) is 8.93. The van der Waals surface area contributed by atoms with Crippen molar-refractivity contribution in [3.63, 3.8) is 0 Å². The molecule has 194 valence electrons.